The smallest absolute Gasteiger partial charge is 0.341 e. The fourth-order valence-corrected chi connectivity index (χ4v) is 5.30. The molecule has 0 saturated heterocycles. The number of nitrogens with one attached hydrogen (secondary N) is 1. The Morgan fingerprint density at radius 1 is 1.26 bits per heavy atom. The molecule has 0 unspecified atom stereocenters. The molecule has 1 heterocycles. The van der Waals surface area contributed by atoms with E-state index in [1.54, 1.807) is 6.92 Å². The number of thiophene rings is 1. The zero-order valence-electron chi connectivity index (χ0n) is 16.6. The molecule has 31 heavy (non-hydrogen) atoms. The van der Waals surface area contributed by atoms with Crippen molar-refractivity contribution in [3.05, 3.63) is 49.9 Å². The van der Waals surface area contributed by atoms with Crippen molar-refractivity contribution in [1.29, 1.82) is 0 Å². The molecule has 0 bridgehead atoms. The lowest BCUT2D eigenvalue weighted by atomic mass is 9.95. The van der Waals surface area contributed by atoms with Gasteiger partial charge in [-0.1, -0.05) is 0 Å². The van der Waals surface area contributed by atoms with Crippen LogP contribution in [0.25, 0.3) is 0 Å². The molecule has 1 aromatic heterocycles. The number of nitro groups is 1. The summed E-state index contributed by atoms with van der Waals surface area (Å²) in [6.07, 6.45) is 3.49. The number of amides is 1. The Morgan fingerprint density at radius 2 is 2.00 bits per heavy atom. The second-order valence-corrected chi connectivity index (χ2v) is 8.81. The van der Waals surface area contributed by atoms with Crippen molar-refractivity contribution in [2.75, 3.05) is 17.7 Å². The number of hydrogen-bond donors (Lipinski definition) is 1. The van der Waals surface area contributed by atoms with Gasteiger partial charge in [-0.2, -0.15) is 0 Å². The first-order valence-corrected chi connectivity index (χ1v) is 11.4. The van der Waals surface area contributed by atoms with Crippen LogP contribution in [-0.4, -0.2) is 35.1 Å². The molecule has 0 aliphatic heterocycles. The fraction of sp³-hybridized carbons (Fsp3) is 0.350. The van der Waals surface area contributed by atoms with Gasteiger partial charge in [0.1, 0.15) is 5.00 Å². The van der Waals surface area contributed by atoms with E-state index in [1.165, 1.54) is 23.5 Å². The van der Waals surface area contributed by atoms with Crippen LogP contribution >= 0.6 is 23.1 Å². The average Bonchev–Trinajstić information content (AvgIpc) is 3.09. The lowest BCUT2D eigenvalue weighted by Gasteiger charge is -2.12. The number of carboxylic acid groups (broad SMARTS) is 1. The number of anilines is 1. The van der Waals surface area contributed by atoms with Crippen molar-refractivity contribution >= 4 is 51.6 Å². The molecule has 0 spiro atoms. The Morgan fingerprint density at radius 3 is 2.68 bits per heavy atom. The highest BCUT2D eigenvalue weighted by Gasteiger charge is 2.28. The number of nitro benzene ring substituents is 1. The number of carboxylic acids is 1. The number of aryl methyl sites for hydroxylation is 1. The van der Waals surface area contributed by atoms with Crippen molar-refractivity contribution < 1.29 is 29.2 Å². The largest absolute Gasteiger partial charge is 0.549 e. The maximum atomic E-state index is 12.8. The number of fused-ring (bicyclic) bond motifs is 1. The summed E-state index contributed by atoms with van der Waals surface area (Å²) in [7, 11) is 0. The zero-order chi connectivity index (χ0) is 22.5. The molecule has 2 aromatic rings. The van der Waals surface area contributed by atoms with E-state index in [0.717, 1.165) is 54.0 Å². The second kappa shape index (κ2) is 9.92. The van der Waals surface area contributed by atoms with Gasteiger partial charge in [0.25, 0.3) is 11.6 Å². The van der Waals surface area contributed by atoms with Crippen molar-refractivity contribution in [3.63, 3.8) is 0 Å². The molecule has 1 aliphatic rings. The van der Waals surface area contributed by atoms with E-state index in [2.05, 4.69) is 5.32 Å². The minimum atomic E-state index is -1.35. The van der Waals surface area contributed by atoms with Crippen LogP contribution in [0.4, 0.5) is 10.7 Å². The van der Waals surface area contributed by atoms with Crippen LogP contribution in [0.5, 0.6) is 0 Å². The number of thioether (sulfide) groups is 1. The van der Waals surface area contributed by atoms with E-state index < -0.39 is 28.5 Å². The Bertz CT molecular complexity index is 1050. The predicted molar refractivity (Wildman–Crippen MR) is 114 cm³/mol. The molecule has 0 radical (unpaired) electrons. The zero-order valence-corrected chi connectivity index (χ0v) is 18.2. The number of carbonyl (C=O) groups excluding carboxylic acids is 3. The summed E-state index contributed by atoms with van der Waals surface area (Å²) in [5, 5.41) is 25.1. The van der Waals surface area contributed by atoms with Crippen molar-refractivity contribution in [3.8, 4) is 0 Å². The van der Waals surface area contributed by atoms with E-state index in [1.807, 2.05) is 0 Å². The number of benzene rings is 1. The Labute approximate surface area is 185 Å². The molecule has 0 fully saturated rings. The molecule has 1 N–H and O–H groups in total. The number of hydrogen-bond acceptors (Lipinski definition) is 9. The lowest BCUT2D eigenvalue weighted by Crippen LogP contribution is -2.24. The van der Waals surface area contributed by atoms with Gasteiger partial charge in [0.05, 0.1) is 28.0 Å². The van der Waals surface area contributed by atoms with Crippen LogP contribution in [-0.2, 0) is 22.4 Å². The van der Waals surface area contributed by atoms with Gasteiger partial charge in [-0.25, -0.2) is 4.79 Å². The normalized spacial score (nSPS) is 12.7. The fourth-order valence-electron chi connectivity index (χ4n) is 3.31. The predicted octanol–water partition coefficient (Wildman–Crippen LogP) is 2.81. The first-order valence-electron chi connectivity index (χ1n) is 9.55. The minimum Gasteiger partial charge on any atom is -0.549 e. The van der Waals surface area contributed by atoms with E-state index >= 15 is 0 Å². The van der Waals surface area contributed by atoms with Gasteiger partial charge in [0, 0.05) is 22.3 Å². The van der Waals surface area contributed by atoms with Crippen LogP contribution in [0.15, 0.2) is 23.1 Å². The van der Waals surface area contributed by atoms with E-state index in [4.69, 9.17) is 4.74 Å². The molecular weight excluding hydrogens is 444 g/mol. The summed E-state index contributed by atoms with van der Waals surface area (Å²) in [5.41, 5.74) is 0.885. The van der Waals surface area contributed by atoms with Gasteiger partial charge < -0.3 is 20.0 Å². The van der Waals surface area contributed by atoms with Gasteiger partial charge in [0.2, 0.25) is 0 Å². The third kappa shape index (κ3) is 5.23. The first kappa shape index (κ1) is 22.8. The van der Waals surface area contributed by atoms with Gasteiger partial charge in [-0.15, -0.1) is 23.1 Å². The number of rotatable bonds is 8. The van der Waals surface area contributed by atoms with Gasteiger partial charge in [0.15, 0.2) is 0 Å². The van der Waals surface area contributed by atoms with Crippen LogP contribution in [0.2, 0.25) is 0 Å². The molecule has 11 heteroatoms. The molecular formula is C20H19N2O7S2-. The topological polar surface area (TPSA) is 139 Å². The van der Waals surface area contributed by atoms with Gasteiger partial charge in [-0.3, -0.25) is 14.9 Å². The van der Waals surface area contributed by atoms with E-state index in [-0.39, 0.29) is 22.8 Å². The highest BCUT2D eigenvalue weighted by atomic mass is 32.2. The highest BCUT2D eigenvalue weighted by Crippen LogP contribution is 2.39. The SMILES string of the molecule is CCOC(=O)c1c(NC(=O)c2ccc(SCC(=O)[O-])c([N+](=O)[O-])c2)sc2c1CCCC2. The van der Waals surface area contributed by atoms with Crippen molar-refractivity contribution in [2.24, 2.45) is 0 Å². The number of ether oxygens (including phenoxy) is 1. The standard InChI is InChI=1S/C20H20N2O7S2/c1-2-29-20(26)17-12-5-3-4-6-14(12)31-19(17)21-18(25)11-7-8-15(30-10-16(23)24)13(9-11)22(27)28/h7-9H,2-6,10H2,1H3,(H,21,25)(H,23,24)/p-1. The summed E-state index contributed by atoms with van der Waals surface area (Å²) in [6, 6.07) is 3.79. The quantitative estimate of drug-likeness (QED) is 0.273. The van der Waals surface area contributed by atoms with Crippen molar-refractivity contribution in [2.45, 2.75) is 37.5 Å². The van der Waals surface area contributed by atoms with Crippen LogP contribution < -0.4 is 10.4 Å². The lowest BCUT2D eigenvalue weighted by molar-refractivity contribution is -0.387. The van der Waals surface area contributed by atoms with Crippen molar-refractivity contribution in [1.82, 2.24) is 0 Å². The third-order valence-electron chi connectivity index (χ3n) is 4.64. The van der Waals surface area contributed by atoms with E-state index in [9.17, 15) is 29.6 Å². The Kier molecular flexibility index (Phi) is 7.29. The molecule has 1 aliphatic carbocycles. The summed E-state index contributed by atoms with van der Waals surface area (Å²) >= 11 is 2.06. The molecule has 0 atom stereocenters. The molecule has 1 amide bonds. The summed E-state index contributed by atoms with van der Waals surface area (Å²) < 4.78 is 5.16. The number of esters is 1. The minimum absolute atomic E-state index is 0.0191. The average molecular weight is 464 g/mol. The van der Waals surface area contributed by atoms with Gasteiger partial charge in [-0.05, 0) is 50.3 Å². The number of aliphatic carboxylic acids is 1. The second-order valence-electron chi connectivity index (χ2n) is 6.69. The number of nitrogens with zero attached hydrogens (tertiary/aromatic N) is 1. The monoisotopic (exact) mass is 463 g/mol. The highest BCUT2D eigenvalue weighted by molar-refractivity contribution is 8.00. The molecule has 164 valence electrons. The summed E-state index contributed by atoms with van der Waals surface area (Å²) in [6.45, 7) is 1.90. The summed E-state index contributed by atoms with van der Waals surface area (Å²) in [5.74, 6) is -2.91. The Hall–Kier alpha value is -2.92. The van der Waals surface area contributed by atoms with Crippen LogP contribution in [0.3, 0.4) is 0 Å². The maximum absolute atomic E-state index is 12.8. The number of carbonyl (C=O) groups is 3. The molecule has 9 nitrogen and oxygen atoms in total. The first-order chi connectivity index (χ1) is 14.8. The summed E-state index contributed by atoms with van der Waals surface area (Å²) in [4.78, 5) is 47.8. The van der Waals surface area contributed by atoms with Crippen LogP contribution in [0.1, 0.15) is 50.9 Å². The maximum Gasteiger partial charge on any atom is 0.341 e. The van der Waals surface area contributed by atoms with E-state index in [0.29, 0.717) is 10.6 Å². The molecule has 1 aromatic carbocycles. The Balaban J connectivity index is 1.90. The molecule has 0 saturated carbocycles. The third-order valence-corrected chi connectivity index (χ3v) is 6.88. The van der Waals surface area contributed by atoms with Gasteiger partial charge >= 0.3 is 5.97 Å². The molecule has 3 rings (SSSR count). The van der Waals surface area contributed by atoms with Crippen LogP contribution in [0, 0.1) is 10.1 Å².